The van der Waals surface area contributed by atoms with Crippen LogP contribution in [0.3, 0.4) is 0 Å². The first-order chi connectivity index (χ1) is 17.6. The summed E-state index contributed by atoms with van der Waals surface area (Å²) in [5, 5.41) is 1.46. The first-order valence-corrected chi connectivity index (χ1v) is 12.6. The van der Waals surface area contributed by atoms with Crippen LogP contribution in [0.4, 0.5) is 19.0 Å². The van der Waals surface area contributed by atoms with Crippen LogP contribution in [-0.4, -0.2) is 29.5 Å². The molecule has 0 aliphatic carbocycles. The van der Waals surface area contributed by atoms with Crippen molar-refractivity contribution in [2.24, 2.45) is 0 Å². The quantitative estimate of drug-likeness (QED) is 0.252. The highest BCUT2D eigenvalue weighted by Gasteiger charge is 2.44. The van der Waals surface area contributed by atoms with Gasteiger partial charge in [0.15, 0.2) is 0 Å². The van der Waals surface area contributed by atoms with Crippen LogP contribution < -0.4 is 9.46 Å². The van der Waals surface area contributed by atoms with E-state index in [-0.39, 0.29) is 26.5 Å². The molecule has 0 saturated heterocycles. The summed E-state index contributed by atoms with van der Waals surface area (Å²) in [7, 11) is -4.37. The number of benzene rings is 3. The van der Waals surface area contributed by atoms with Gasteiger partial charge in [0, 0.05) is 18.0 Å². The number of nitrogens with one attached hydrogen (secondary N) is 1. The maximum Gasteiger partial charge on any atom is 0.429 e. The van der Waals surface area contributed by atoms with E-state index < -0.39 is 34.0 Å². The van der Waals surface area contributed by atoms with Crippen LogP contribution in [0, 0.1) is 0 Å². The van der Waals surface area contributed by atoms with E-state index in [0.29, 0.717) is 0 Å². The van der Waals surface area contributed by atoms with Gasteiger partial charge in [-0.05, 0) is 41.1 Å². The molecule has 3 aromatic carbocycles. The fraction of sp³-hybridized carbons (Fsp3) is 0.0800. The maximum absolute atomic E-state index is 14.0. The molecule has 0 aliphatic heterocycles. The van der Waals surface area contributed by atoms with Crippen molar-refractivity contribution >= 4 is 49.2 Å². The number of ether oxygens (including phenoxy) is 1. The molecule has 5 aromatic rings. The smallest absolute Gasteiger partial charge is 0.429 e. The fourth-order valence-corrected chi connectivity index (χ4v) is 5.21. The number of hydrogen-bond donors (Lipinski definition) is 1. The predicted molar refractivity (Wildman–Crippen MR) is 133 cm³/mol. The van der Waals surface area contributed by atoms with Crippen LogP contribution in [0.25, 0.3) is 21.8 Å². The number of nitrogens with zero attached hydrogens (tertiary/aromatic N) is 3. The molecule has 37 heavy (non-hydrogen) atoms. The zero-order chi connectivity index (χ0) is 26.2. The minimum absolute atomic E-state index is 0.0826. The summed E-state index contributed by atoms with van der Waals surface area (Å²) in [5.41, 5.74) is 0.157. The number of sulfonamides is 1. The third-order valence-corrected chi connectivity index (χ3v) is 7.21. The van der Waals surface area contributed by atoms with E-state index in [0.717, 1.165) is 17.0 Å². The van der Waals surface area contributed by atoms with E-state index in [9.17, 15) is 21.6 Å². The van der Waals surface area contributed by atoms with Gasteiger partial charge in [-0.25, -0.2) is 18.4 Å². The van der Waals surface area contributed by atoms with Crippen molar-refractivity contribution < 1.29 is 26.3 Å². The SMILES string of the molecule is O=S(=O)(Nc1nc2cc3ccccc3cc2nc1OC(c1cccnc1)C(F)(F)F)c1ccccc1Cl. The van der Waals surface area contributed by atoms with Crippen molar-refractivity contribution in [1.29, 1.82) is 0 Å². The van der Waals surface area contributed by atoms with E-state index >= 15 is 0 Å². The Kier molecular flexibility index (Phi) is 6.34. The standard InChI is InChI=1S/C25H16ClF3N4O3S/c26-18-9-3-4-10-21(18)37(34,35)33-23-24(36-22(25(27,28)29)17-8-5-11-30-14-17)32-20-13-16-7-2-1-6-15(16)12-19(20)31-23/h1-14,22H,(H,31,33). The van der Waals surface area contributed by atoms with E-state index in [1.807, 2.05) is 12.1 Å². The highest BCUT2D eigenvalue weighted by molar-refractivity contribution is 7.92. The molecule has 0 aliphatic rings. The minimum atomic E-state index is -4.87. The third-order valence-electron chi connectivity index (χ3n) is 5.37. The van der Waals surface area contributed by atoms with Crippen molar-refractivity contribution in [1.82, 2.24) is 15.0 Å². The molecule has 0 amide bonds. The molecule has 0 bridgehead atoms. The number of alkyl halides is 3. The number of aromatic nitrogens is 3. The molecule has 0 saturated carbocycles. The van der Waals surface area contributed by atoms with E-state index in [2.05, 4.69) is 19.7 Å². The second-order valence-corrected chi connectivity index (χ2v) is 9.99. The lowest BCUT2D eigenvalue weighted by Crippen LogP contribution is -2.27. The summed E-state index contributed by atoms with van der Waals surface area (Å²) in [6, 6.07) is 18.6. The van der Waals surface area contributed by atoms with Gasteiger partial charge in [0.25, 0.3) is 15.9 Å². The molecular weight excluding hydrogens is 529 g/mol. The Hall–Kier alpha value is -3.96. The molecule has 12 heteroatoms. The molecule has 188 valence electrons. The average Bonchev–Trinajstić information content (AvgIpc) is 2.86. The molecule has 0 fully saturated rings. The van der Waals surface area contributed by atoms with Gasteiger partial charge in [-0.2, -0.15) is 13.2 Å². The van der Waals surface area contributed by atoms with Crippen molar-refractivity contribution in [2.45, 2.75) is 17.2 Å². The van der Waals surface area contributed by atoms with Gasteiger partial charge in [-0.1, -0.05) is 54.1 Å². The summed E-state index contributed by atoms with van der Waals surface area (Å²) < 4.78 is 75.9. The summed E-state index contributed by atoms with van der Waals surface area (Å²) in [4.78, 5) is 12.0. The first-order valence-electron chi connectivity index (χ1n) is 10.7. The molecule has 1 N–H and O–H groups in total. The molecule has 5 rings (SSSR count). The van der Waals surface area contributed by atoms with Crippen LogP contribution in [0.15, 0.2) is 90.1 Å². The number of pyridine rings is 1. The lowest BCUT2D eigenvalue weighted by molar-refractivity contribution is -0.198. The Balaban J connectivity index is 1.68. The second-order valence-electron chi connectivity index (χ2n) is 7.93. The van der Waals surface area contributed by atoms with Gasteiger partial charge < -0.3 is 4.74 Å². The molecule has 1 atom stereocenters. The fourth-order valence-electron chi connectivity index (χ4n) is 3.69. The topological polar surface area (TPSA) is 94.1 Å². The zero-order valence-corrected chi connectivity index (χ0v) is 20.2. The molecule has 1 unspecified atom stereocenters. The summed E-state index contributed by atoms with van der Waals surface area (Å²) >= 11 is 6.06. The monoisotopic (exact) mass is 544 g/mol. The number of hydrogen-bond acceptors (Lipinski definition) is 6. The molecule has 2 aromatic heterocycles. The Bertz CT molecular complexity index is 1720. The summed E-state index contributed by atoms with van der Waals surface area (Å²) in [6.07, 6.45) is -5.03. The second kappa shape index (κ2) is 9.49. The normalized spacial score (nSPS) is 13.0. The van der Waals surface area contributed by atoms with Crippen molar-refractivity contribution in [3.63, 3.8) is 0 Å². The largest absolute Gasteiger partial charge is 0.457 e. The minimum Gasteiger partial charge on any atom is -0.457 e. The maximum atomic E-state index is 14.0. The van der Waals surface area contributed by atoms with Crippen LogP contribution in [0.5, 0.6) is 5.88 Å². The number of fused-ring (bicyclic) bond motifs is 2. The van der Waals surface area contributed by atoms with Crippen LogP contribution >= 0.6 is 11.6 Å². The Morgan fingerprint density at radius 2 is 1.54 bits per heavy atom. The highest BCUT2D eigenvalue weighted by Crippen LogP contribution is 2.39. The van der Waals surface area contributed by atoms with Gasteiger partial charge >= 0.3 is 6.18 Å². The number of halogens is 4. The zero-order valence-electron chi connectivity index (χ0n) is 18.6. The van der Waals surface area contributed by atoms with Crippen LogP contribution in [0.1, 0.15) is 11.7 Å². The lowest BCUT2D eigenvalue weighted by Gasteiger charge is -2.22. The summed E-state index contributed by atoms with van der Waals surface area (Å²) in [5.74, 6) is -1.19. The highest BCUT2D eigenvalue weighted by atomic mass is 35.5. The van der Waals surface area contributed by atoms with Crippen LogP contribution in [0.2, 0.25) is 5.02 Å². The van der Waals surface area contributed by atoms with E-state index in [1.165, 1.54) is 36.5 Å². The van der Waals surface area contributed by atoms with Crippen LogP contribution in [-0.2, 0) is 10.0 Å². The Labute approximate surface area is 214 Å². The van der Waals surface area contributed by atoms with Gasteiger partial charge in [-0.15, -0.1) is 0 Å². The van der Waals surface area contributed by atoms with Gasteiger partial charge in [0.2, 0.25) is 11.9 Å². The molecule has 0 spiro atoms. The van der Waals surface area contributed by atoms with Gasteiger partial charge in [0.1, 0.15) is 4.90 Å². The lowest BCUT2D eigenvalue weighted by atomic mass is 10.1. The third kappa shape index (κ3) is 5.13. The number of rotatable bonds is 6. The molecule has 7 nitrogen and oxygen atoms in total. The van der Waals surface area contributed by atoms with Crippen molar-refractivity contribution in [2.75, 3.05) is 4.72 Å². The van der Waals surface area contributed by atoms with Gasteiger partial charge in [-0.3, -0.25) is 9.71 Å². The van der Waals surface area contributed by atoms with Gasteiger partial charge in [0.05, 0.1) is 16.1 Å². The first kappa shape index (κ1) is 24.7. The van der Waals surface area contributed by atoms with E-state index in [4.69, 9.17) is 16.3 Å². The summed E-state index contributed by atoms with van der Waals surface area (Å²) in [6.45, 7) is 0. The molecule has 2 heterocycles. The number of anilines is 1. The average molecular weight is 545 g/mol. The predicted octanol–water partition coefficient (Wildman–Crippen LogP) is 6.31. The van der Waals surface area contributed by atoms with E-state index in [1.54, 1.807) is 30.3 Å². The molecular formula is C25H16ClF3N4O3S. The Morgan fingerprint density at radius 3 is 2.16 bits per heavy atom. The molecule has 0 radical (unpaired) electrons. The van der Waals surface area contributed by atoms with Crippen molar-refractivity contribution in [3.05, 3.63) is 95.8 Å². The Morgan fingerprint density at radius 1 is 0.892 bits per heavy atom. The van der Waals surface area contributed by atoms with Crippen molar-refractivity contribution in [3.8, 4) is 5.88 Å².